The third-order valence-electron chi connectivity index (χ3n) is 3.82. The maximum atomic E-state index is 5.96. The van der Waals surface area contributed by atoms with Gasteiger partial charge in [0.15, 0.2) is 5.96 Å². The Morgan fingerprint density at radius 2 is 2.11 bits per heavy atom. The average molecular weight is 267 g/mol. The fourth-order valence-corrected chi connectivity index (χ4v) is 2.80. The van der Waals surface area contributed by atoms with Crippen LogP contribution < -0.4 is 5.32 Å². The number of hydrogen-bond donors (Lipinski definition) is 1. The summed E-state index contributed by atoms with van der Waals surface area (Å²) >= 11 is 0. The van der Waals surface area contributed by atoms with Crippen molar-refractivity contribution in [2.45, 2.75) is 58.2 Å². The van der Waals surface area contributed by atoms with Gasteiger partial charge in [0.1, 0.15) is 0 Å². The Balaban J connectivity index is 1.57. The summed E-state index contributed by atoms with van der Waals surface area (Å²) in [6.45, 7) is 9.54. The smallest absolute Gasteiger partial charge is 0.193 e. The number of guanidine groups is 1. The zero-order valence-corrected chi connectivity index (χ0v) is 12.9. The second-order valence-corrected chi connectivity index (χ2v) is 6.89. The highest BCUT2D eigenvalue weighted by Crippen LogP contribution is 2.34. The molecular formula is C15H29N3O. The molecule has 0 unspecified atom stereocenters. The number of ether oxygens (including phenoxy) is 1. The molecule has 1 fully saturated rings. The van der Waals surface area contributed by atoms with E-state index in [1.807, 2.05) is 0 Å². The molecule has 0 aromatic heterocycles. The number of rotatable bonds is 4. The summed E-state index contributed by atoms with van der Waals surface area (Å²) in [6.07, 6.45) is 5.34. The molecule has 1 N–H and O–H groups in total. The number of nitrogens with one attached hydrogen (secondary N) is 1. The summed E-state index contributed by atoms with van der Waals surface area (Å²) in [5.41, 5.74) is 0.00737. The fourth-order valence-electron chi connectivity index (χ4n) is 2.80. The van der Waals surface area contributed by atoms with Gasteiger partial charge in [-0.1, -0.05) is 0 Å². The van der Waals surface area contributed by atoms with Gasteiger partial charge < -0.3 is 15.0 Å². The van der Waals surface area contributed by atoms with Crippen LogP contribution >= 0.6 is 0 Å². The molecule has 0 aromatic rings. The van der Waals surface area contributed by atoms with Crippen molar-refractivity contribution in [3.05, 3.63) is 0 Å². The van der Waals surface area contributed by atoms with Gasteiger partial charge in [-0.3, -0.25) is 4.99 Å². The number of nitrogens with zero attached hydrogens (tertiary/aromatic N) is 2. The van der Waals surface area contributed by atoms with Crippen LogP contribution in [-0.2, 0) is 4.74 Å². The molecule has 0 amide bonds. The normalized spacial score (nSPS) is 27.8. The minimum atomic E-state index is 0.00737. The molecule has 0 atom stereocenters. The Kier molecular flexibility index (Phi) is 4.71. The van der Waals surface area contributed by atoms with Crippen LogP contribution in [0.25, 0.3) is 0 Å². The predicted molar refractivity (Wildman–Crippen MR) is 79.5 cm³/mol. The Morgan fingerprint density at radius 3 is 2.74 bits per heavy atom. The topological polar surface area (TPSA) is 36.9 Å². The van der Waals surface area contributed by atoms with Crippen LogP contribution in [0.1, 0.15) is 46.5 Å². The third kappa shape index (κ3) is 4.68. The lowest BCUT2D eigenvalue weighted by atomic mass is 9.79. The van der Waals surface area contributed by atoms with Gasteiger partial charge in [-0.2, -0.15) is 0 Å². The highest BCUT2D eigenvalue weighted by molar-refractivity contribution is 5.80. The quantitative estimate of drug-likeness (QED) is 0.849. The highest BCUT2D eigenvalue weighted by Gasteiger charge is 2.32. The maximum Gasteiger partial charge on any atom is 0.193 e. The van der Waals surface area contributed by atoms with Gasteiger partial charge in [0.05, 0.1) is 11.7 Å². The first kappa shape index (κ1) is 14.6. The fraction of sp³-hybridized carbons (Fsp3) is 0.933. The summed E-state index contributed by atoms with van der Waals surface area (Å²) in [5, 5.41) is 3.47. The summed E-state index contributed by atoms with van der Waals surface area (Å²) in [7, 11) is 2.11. The number of hydrogen-bond acceptors (Lipinski definition) is 4. The molecule has 0 aromatic carbocycles. The van der Waals surface area contributed by atoms with Crippen molar-refractivity contribution in [1.29, 1.82) is 0 Å². The molecule has 0 radical (unpaired) electrons. The lowest BCUT2D eigenvalue weighted by molar-refractivity contribution is -0.112. The first-order valence-corrected chi connectivity index (χ1v) is 7.61. The first-order chi connectivity index (χ1) is 8.94. The maximum absolute atomic E-state index is 5.96. The van der Waals surface area contributed by atoms with Crippen LogP contribution in [0.4, 0.5) is 0 Å². The molecule has 1 saturated carbocycles. The second kappa shape index (κ2) is 6.12. The van der Waals surface area contributed by atoms with Gasteiger partial charge in [-0.25, -0.2) is 0 Å². The van der Waals surface area contributed by atoms with Crippen molar-refractivity contribution in [2.75, 3.05) is 26.7 Å². The molecule has 0 bridgehead atoms. The van der Waals surface area contributed by atoms with Gasteiger partial charge in [-0.05, 0) is 52.4 Å². The second-order valence-electron chi connectivity index (χ2n) is 6.89. The van der Waals surface area contributed by atoms with Crippen molar-refractivity contribution in [3.63, 3.8) is 0 Å². The van der Waals surface area contributed by atoms with Crippen LogP contribution in [0.2, 0.25) is 0 Å². The zero-order valence-electron chi connectivity index (χ0n) is 12.9. The van der Waals surface area contributed by atoms with Gasteiger partial charge in [0.2, 0.25) is 0 Å². The largest absolute Gasteiger partial charge is 0.373 e. The van der Waals surface area contributed by atoms with E-state index in [1.165, 1.54) is 25.7 Å². The van der Waals surface area contributed by atoms with E-state index in [9.17, 15) is 0 Å². The molecule has 0 saturated heterocycles. The van der Waals surface area contributed by atoms with E-state index < -0.39 is 0 Å². The Hall–Kier alpha value is -0.770. The molecule has 1 aliphatic heterocycles. The van der Waals surface area contributed by atoms with Crippen LogP contribution in [-0.4, -0.2) is 49.2 Å². The lowest BCUT2D eigenvalue weighted by Gasteiger charge is -2.39. The summed E-state index contributed by atoms with van der Waals surface area (Å²) in [5.74, 6) is 1.91. The molecule has 19 heavy (non-hydrogen) atoms. The predicted octanol–water partition coefficient (Wildman–Crippen LogP) is 2.25. The molecule has 4 heteroatoms. The Bertz CT molecular complexity index is 316. The molecule has 1 aliphatic carbocycles. The number of aliphatic imine (C=N–C) groups is 1. The van der Waals surface area contributed by atoms with Crippen LogP contribution in [0.5, 0.6) is 0 Å². The minimum Gasteiger partial charge on any atom is -0.373 e. The van der Waals surface area contributed by atoms with Crippen molar-refractivity contribution in [2.24, 2.45) is 10.9 Å². The van der Waals surface area contributed by atoms with E-state index in [2.05, 4.69) is 43.0 Å². The Morgan fingerprint density at radius 1 is 1.37 bits per heavy atom. The van der Waals surface area contributed by atoms with Crippen molar-refractivity contribution in [3.8, 4) is 0 Å². The highest BCUT2D eigenvalue weighted by atomic mass is 16.5. The molecule has 4 nitrogen and oxygen atoms in total. The zero-order chi connectivity index (χ0) is 13.9. The van der Waals surface area contributed by atoms with Crippen LogP contribution in [0, 0.1) is 5.92 Å². The van der Waals surface area contributed by atoms with E-state index in [4.69, 9.17) is 4.74 Å². The van der Waals surface area contributed by atoms with Crippen molar-refractivity contribution < 1.29 is 4.74 Å². The monoisotopic (exact) mass is 267 g/mol. The standard InChI is InChI=1S/C15H29N3O/c1-15(2,3)19-13-10-12(11-13)6-8-17-14-16-7-5-9-18(14)4/h12-13H,5-11H2,1-4H3,(H,16,17). The van der Waals surface area contributed by atoms with E-state index in [-0.39, 0.29) is 5.60 Å². The van der Waals surface area contributed by atoms with Gasteiger partial charge in [-0.15, -0.1) is 0 Å². The first-order valence-electron chi connectivity index (χ1n) is 7.61. The van der Waals surface area contributed by atoms with Crippen LogP contribution in [0.3, 0.4) is 0 Å². The van der Waals surface area contributed by atoms with E-state index in [0.29, 0.717) is 6.10 Å². The average Bonchev–Trinajstić information content (AvgIpc) is 2.26. The SMILES string of the molecule is CN1CCCN=C1NCCC1CC(OC(C)(C)C)C1. The molecule has 110 valence electrons. The van der Waals surface area contributed by atoms with E-state index >= 15 is 0 Å². The molecule has 2 rings (SSSR count). The van der Waals surface area contributed by atoms with Gasteiger partial charge in [0.25, 0.3) is 0 Å². The molecule has 0 spiro atoms. The molecule has 2 aliphatic rings. The van der Waals surface area contributed by atoms with Gasteiger partial charge >= 0.3 is 0 Å². The van der Waals surface area contributed by atoms with E-state index in [1.54, 1.807) is 0 Å². The van der Waals surface area contributed by atoms with E-state index in [0.717, 1.165) is 31.5 Å². The van der Waals surface area contributed by atoms with Crippen molar-refractivity contribution in [1.82, 2.24) is 10.2 Å². The summed E-state index contributed by atoms with van der Waals surface area (Å²) in [4.78, 5) is 6.74. The summed E-state index contributed by atoms with van der Waals surface area (Å²) < 4.78 is 5.96. The Labute approximate surface area is 117 Å². The summed E-state index contributed by atoms with van der Waals surface area (Å²) in [6, 6.07) is 0. The third-order valence-corrected chi connectivity index (χ3v) is 3.82. The minimum absolute atomic E-state index is 0.00737. The lowest BCUT2D eigenvalue weighted by Crippen LogP contribution is -2.44. The van der Waals surface area contributed by atoms with Crippen LogP contribution in [0.15, 0.2) is 4.99 Å². The molecule has 1 heterocycles. The van der Waals surface area contributed by atoms with Gasteiger partial charge in [0, 0.05) is 26.7 Å². The molecular weight excluding hydrogens is 238 g/mol. The van der Waals surface area contributed by atoms with Crippen molar-refractivity contribution >= 4 is 5.96 Å².